The molecule has 174 valence electrons. The van der Waals surface area contributed by atoms with Crippen LogP contribution in [0, 0.1) is 0 Å². The summed E-state index contributed by atoms with van der Waals surface area (Å²) in [4.78, 5) is 29.1. The Morgan fingerprint density at radius 2 is 1.85 bits per heavy atom. The van der Waals surface area contributed by atoms with Gasteiger partial charge >= 0.3 is 11.9 Å². The van der Waals surface area contributed by atoms with Crippen LogP contribution in [0.1, 0.15) is 38.3 Å². The molecule has 34 heavy (non-hydrogen) atoms. The molecule has 0 saturated heterocycles. The highest BCUT2D eigenvalue weighted by molar-refractivity contribution is 7.11. The van der Waals surface area contributed by atoms with Gasteiger partial charge in [-0.15, -0.1) is 11.3 Å². The summed E-state index contributed by atoms with van der Waals surface area (Å²) in [6.07, 6.45) is 1.68. The molecule has 0 amide bonds. The number of benzene rings is 2. The Morgan fingerprint density at radius 1 is 1.03 bits per heavy atom. The van der Waals surface area contributed by atoms with Crippen LogP contribution in [0.3, 0.4) is 0 Å². The number of rotatable bonds is 9. The van der Waals surface area contributed by atoms with Crippen molar-refractivity contribution in [1.82, 2.24) is 14.8 Å². The average Bonchev–Trinajstić information content (AvgIpc) is 3.51. The molecule has 0 bridgehead atoms. The van der Waals surface area contributed by atoms with Crippen molar-refractivity contribution in [2.45, 2.75) is 20.1 Å². The van der Waals surface area contributed by atoms with Gasteiger partial charge in [0.05, 0.1) is 26.0 Å². The predicted octanol–water partition coefficient (Wildman–Crippen LogP) is 4.60. The number of nitrogens with zero attached hydrogens (tertiary/aromatic N) is 3. The molecule has 0 saturated carbocycles. The molecule has 9 heteroatoms. The molecule has 4 aromatic rings. The molecule has 0 aliphatic heterocycles. The minimum Gasteiger partial charge on any atom is -0.497 e. The first kappa shape index (κ1) is 23.2. The van der Waals surface area contributed by atoms with Crippen LogP contribution < -0.4 is 4.74 Å². The van der Waals surface area contributed by atoms with Crippen molar-refractivity contribution in [2.75, 3.05) is 13.7 Å². The summed E-state index contributed by atoms with van der Waals surface area (Å²) in [5.74, 6) is -0.376. The fraction of sp³-hybridized carbons (Fsp3) is 0.200. The topological polar surface area (TPSA) is 92.5 Å². The molecule has 0 fully saturated rings. The van der Waals surface area contributed by atoms with Crippen molar-refractivity contribution >= 4 is 23.3 Å². The zero-order valence-electron chi connectivity index (χ0n) is 18.8. The summed E-state index contributed by atoms with van der Waals surface area (Å²) >= 11 is 1.15. The van der Waals surface area contributed by atoms with Crippen LogP contribution in [-0.2, 0) is 22.6 Å². The van der Waals surface area contributed by atoms with Gasteiger partial charge in [0.1, 0.15) is 23.6 Å². The lowest BCUT2D eigenvalue weighted by molar-refractivity contribution is 0.0469. The second kappa shape index (κ2) is 10.8. The van der Waals surface area contributed by atoms with Crippen LogP contribution in [-0.4, -0.2) is 40.4 Å². The van der Waals surface area contributed by atoms with Gasteiger partial charge in [-0.05, 0) is 24.6 Å². The highest BCUT2D eigenvalue weighted by atomic mass is 32.1. The third-order valence-electron chi connectivity index (χ3n) is 4.87. The number of aromatic nitrogens is 3. The highest BCUT2D eigenvalue weighted by Crippen LogP contribution is 2.27. The molecule has 0 atom stereocenters. The van der Waals surface area contributed by atoms with Crippen LogP contribution >= 0.6 is 11.3 Å². The minimum atomic E-state index is -0.539. The molecule has 0 aliphatic carbocycles. The summed E-state index contributed by atoms with van der Waals surface area (Å²) in [7, 11) is 1.58. The van der Waals surface area contributed by atoms with E-state index in [0.29, 0.717) is 29.2 Å². The SMILES string of the molecule is CCOC(=O)c1nc(COC(=O)c2cn(Cc3ccccc3)nc2-c2cccc(OC)c2)cs1. The number of methoxy groups -OCH3 is 1. The fourth-order valence-electron chi connectivity index (χ4n) is 3.28. The van der Waals surface area contributed by atoms with E-state index in [1.165, 1.54) is 0 Å². The normalized spacial score (nSPS) is 10.6. The first-order valence-corrected chi connectivity index (χ1v) is 11.5. The van der Waals surface area contributed by atoms with Gasteiger partial charge in [-0.3, -0.25) is 4.68 Å². The van der Waals surface area contributed by atoms with E-state index in [1.807, 2.05) is 54.6 Å². The van der Waals surface area contributed by atoms with Crippen LogP contribution in [0.5, 0.6) is 5.75 Å². The standard InChI is InChI=1S/C25H23N3O5S/c1-3-32-25(30)23-26-19(16-34-23)15-33-24(29)21-14-28(13-17-8-5-4-6-9-17)27-22(21)18-10-7-11-20(12-18)31-2/h4-12,14,16H,3,13,15H2,1-2H3. The van der Waals surface area contributed by atoms with E-state index in [2.05, 4.69) is 10.1 Å². The molecule has 2 aromatic heterocycles. The summed E-state index contributed by atoms with van der Waals surface area (Å²) in [5, 5.41) is 6.55. The summed E-state index contributed by atoms with van der Waals surface area (Å²) < 4.78 is 17.5. The Bertz CT molecular complexity index is 1280. The van der Waals surface area contributed by atoms with Crippen molar-refractivity contribution in [1.29, 1.82) is 0 Å². The summed E-state index contributed by atoms with van der Waals surface area (Å²) in [5.41, 5.74) is 3.07. The Labute approximate surface area is 200 Å². The van der Waals surface area contributed by atoms with Crippen molar-refractivity contribution in [3.63, 3.8) is 0 Å². The number of hydrogen-bond donors (Lipinski definition) is 0. The Hall–Kier alpha value is -3.98. The zero-order valence-corrected chi connectivity index (χ0v) is 19.6. The van der Waals surface area contributed by atoms with E-state index in [9.17, 15) is 9.59 Å². The summed E-state index contributed by atoms with van der Waals surface area (Å²) in [6.45, 7) is 2.42. The van der Waals surface area contributed by atoms with Gasteiger partial charge in [-0.25, -0.2) is 14.6 Å². The van der Waals surface area contributed by atoms with Crippen molar-refractivity contribution in [2.24, 2.45) is 0 Å². The monoisotopic (exact) mass is 477 g/mol. The molecule has 8 nitrogen and oxygen atoms in total. The van der Waals surface area contributed by atoms with E-state index in [-0.39, 0.29) is 18.2 Å². The number of carbonyl (C=O) groups excluding carboxylic acids is 2. The molecule has 0 unspecified atom stereocenters. The number of hydrogen-bond acceptors (Lipinski definition) is 8. The molecule has 0 radical (unpaired) electrons. The fourth-order valence-corrected chi connectivity index (χ4v) is 3.98. The second-order valence-electron chi connectivity index (χ2n) is 7.25. The maximum atomic E-state index is 13.1. The van der Waals surface area contributed by atoms with Gasteiger partial charge in [0.25, 0.3) is 0 Å². The maximum Gasteiger partial charge on any atom is 0.367 e. The zero-order chi connectivity index (χ0) is 23.9. The third-order valence-corrected chi connectivity index (χ3v) is 5.74. The lowest BCUT2D eigenvalue weighted by Gasteiger charge is -2.05. The Balaban J connectivity index is 1.57. The molecule has 0 N–H and O–H groups in total. The predicted molar refractivity (Wildman–Crippen MR) is 127 cm³/mol. The van der Waals surface area contributed by atoms with Crippen LogP contribution in [0.2, 0.25) is 0 Å². The van der Waals surface area contributed by atoms with Gasteiger partial charge in [-0.2, -0.15) is 5.10 Å². The van der Waals surface area contributed by atoms with E-state index in [0.717, 1.165) is 22.5 Å². The third kappa shape index (κ3) is 5.49. The van der Waals surface area contributed by atoms with Gasteiger partial charge in [0.2, 0.25) is 5.01 Å². The molecule has 4 rings (SSSR count). The first-order chi connectivity index (χ1) is 16.6. The molecular formula is C25H23N3O5S. The number of carbonyl (C=O) groups is 2. The number of thiazole rings is 1. The Kier molecular flexibility index (Phi) is 7.34. The second-order valence-corrected chi connectivity index (χ2v) is 8.11. The molecule has 0 spiro atoms. The Morgan fingerprint density at radius 3 is 2.62 bits per heavy atom. The number of ether oxygens (including phenoxy) is 3. The lowest BCUT2D eigenvalue weighted by Crippen LogP contribution is -2.07. The molecule has 0 aliphatic rings. The van der Waals surface area contributed by atoms with E-state index < -0.39 is 11.9 Å². The minimum absolute atomic E-state index is 0.0733. The van der Waals surface area contributed by atoms with Gasteiger partial charge in [0.15, 0.2) is 0 Å². The van der Waals surface area contributed by atoms with Crippen molar-refractivity contribution in [3.8, 4) is 17.0 Å². The van der Waals surface area contributed by atoms with E-state index >= 15 is 0 Å². The highest BCUT2D eigenvalue weighted by Gasteiger charge is 2.21. The van der Waals surface area contributed by atoms with Crippen molar-refractivity contribution < 1.29 is 23.8 Å². The van der Waals surface area contributed by atoms with E-state index in [4.69, 9.17) is 14.2 Å². The smallest absolute Gasteiger partial charge is 0.367 e. The lowest BCUT2D eigenvalue weighted by atomic mass is 10.1. The van der Waals surface area contributed by atoms with Crippen LogP contribution in [0.25, 0.3) is 11.3 Å². The first-order valence-electron chi connectivity index (χ1n) is 10.6. The van der Waals surface area contributed by atoms with E-state index in [1.54, 1.807) is 30.3 Å². The van der Waals surface area contributed by atoms with Gasteiger partial charge in [0, 0.05) is 17.1 Å². The number of esters is 2. The maximum absolute atomic E-state index is 13.1. The quantitative estimate of drug-likeness (QED) is 0.325. The molecular weight excluding hydrogens is 454 g/mol. The largest absolute Gasteiger partial charge is 0.497 e. The van der Waals surface area contributed by atoms with Gasteiger partial charge < -0.3 is 14.2 Å². The summed E-state index contributed by atoms with van der Waals surface area (Å²) in [6, 6.07) is 17.2. The van der Waals surface area contributed by atoms with Crippen LogP contribution in [0.4, 0.5) is 0 Å². The van der Waals surface area contributed by atoms with Gasteiger partial charge in [-0.1, -0.05) is 42.5 Å². The van der Waals surface area contributed by atoms with Crippen LogP contribution in [0.15, 0.2) is 66.2 Å². The average molecular weight is 478 g/mol. The molecule has 2 heterocycles. The molecule has 2 aromatic carbocycles. The van der Waals surface area contributed by atoms with Crippen molar-refractivity contribution in [3.05, 3.63) is 88.0 Å².